The van der Waals surface area contributed by atoms with Gasteiger partial charge in [0.25, 0.3) is 0 Å². The predicted molar refractivity (Wildman–Crippen MR) is 83.3 cm³/mol. The maximum atomic E-state index is 5.97. The van der Waals surface area contributed by atoms with E-state index >= 15 is 0 Å². The van der Waals surface area contributed by atoms with Gasteiger partial charge in [-0.15, -0.1) is 11.3 Å². The fourth-order valence-corrected chi connectivity index (χ4v) is 2.99. The molecule has 1 unspecified atom stereocenters. The van der Waals surface area contributed by atoms with Gasteiger partial charge in [0.05, 0.1) is 10.5 Å². The van der Waals surface area contributed by atoms with Gasteiger partial charge in [0.1, 0.15) is 0 Å². The molecular weight excluding hydrogens is 292 g/mol. The standard InChI is InChI=1S/C15H13ClN2OS/c1-10(12-6-15(16)20-8-12)18-13-4-2-3-11(5-13)14-7-17-9-19-14/h2-10,18H,1H3. The first-order chi connectivity index (χ1) is 9.72. The molecule has 0 fully saturated rings. The van der Waals surface area contributed by atoms with Crippen molar-refractivity contribution >= 4 is 28.6 Å². The van der Waals surface area contributed by atoms with E-state index in [9.17, 15) is 0 Å². The van der Waals surface area contributed by atoms with Crippen LogP contribution in [0.5, 0.6) is 0 Å². The van der Waals surface area contributed by atoms with Crippen LogP contribution in [0.2, 0.25) is 4.34 Å². The molecule has 0 bridgehead atoms. The molecule has 0 saturated heterocycles. The molecule has 2 heterocycles. The fourth-order valence-electron chi connectivity index (χ4n) is 2.00. The van der Waals surface area contributed by atoms with Crippen LogP contribution in [-0.4, -0.2) is 4.98 Å². The van der Waals surface area contributed by atoms with Crippen LogP contribution >= 0.6 is 22.9 Å². The number of halogens is 1. The van der Waals surface area contributed by atoms with Gasteiger partial charge in [-0.1, -0.05) is 23.7 Å². The third-order valence-corrected chi connectivity index (χ3v) is 4.16. The van der Waals surface area contributed by atoms with E-state index < -0.39 is 0 Å². The topological polar surface area (TPSA) is 38.1 Å². The summed E-state index contributed by atoms with van der Waals surface area (Å²) in [7, 11) is 0. The minimum Gasteiger partial charge on any atom is -0.444 e. The van der Waals surface area contributed by atoms with E-state index in [1.165, 1.54) is 12.0 Å². The van der Waals surface area contributed by atoms with Crippen molar-refractivity contribution in [1.29, 1.82) is 0 Å². The highest BCUT2D eigenvalue weighted by molar-refractivity contribution is 7.14. The van der Waals surface area contributed by atoms with Crippen LogP contribution in [0.4, 0.5) is 5.69 Å². The number of hydrogen-bond acceptors (Lipinski definition) is 4. The molecule has 3 rings (SSSR count). The number of benzene rings is 1. The average Bonchev–Trinajstić information content (AvgIpc) is 3.10. The average molecular weight is 305 g/mol. The van der Waals surface area contributed by atoms with Crippen LogP contribution in [0.1, 0.15) is 18.5 Å². The molecule has 0 aliphatic rings. The van der Waals surface area contributed by atoms with E-state index in [2.05, 4.69) is 22.6 Å². The summed E-state index contributed by atoms with van der Waals surface area (Å²) in [5, 5.41) is 5.53. The summed E-state index contributed by atoms with van der Waals surface area (Å²) in [4.78, 5) is 3.94. The quantitative estimate of drug-likeness (QED) is 0.717. The van der Waals surface area contributed by atoms with E-state index in [1.54, 1.807) is 17.5 Å². The van der Waals surface area contributed by atoms with E-state index in [-0.39, 0.29) is 6.04 Å². The SMILES string of the molecule is CC(Nc1cccc(-c2cnco2)c1)c1csc(Cl)c1. The molecule has 0 amide bonds. The van der Waals surface area contributed by atoms with Gasteiger partial charge in [0.2, 0.25) is 0 Å². The number of aromatic nitrogens is 1. The van der Waals surface area contributed by atoms with Crippen LogP contribution in [0.15, 0.2) is 52.7 Å². The minimum absolute atomic E-state index is 0.198. The molecule has 0 aliphatic carbocycles. The molecule has 2 aromatic heterocycles. The lowest BCUT2D eigenvalue weighted by Gasteiger charge is -2.14. The molecule has 0 spiro atoms. The summed E-state index contributed by atoms with van der Waals surface area (Å²) in [6.45, 7) is 2.11. The molecule has 0 saturated carbocycles. The highest BCUT2D eigenvalue weighted by Crippen LogP contribution is 2.28. The fraction of sp³-hybridized carbons (Fsp3) is 0.133. The third-order valence-electron chi connectivity index (χ3n) is 3.05. The van der Waals surface area contributed by atoms with Crippen molar-refractivity contribution in [2.24, 2.45) is 0 Å². The Balaban J connectivity index is 1.79. The highest BCUT2D eigenvalue weighted by Gasteiger charge is 2.09. The van der Waals surface area contributed by atoms with E-state index in [0.29, 0.717) is 0 Å². The third kappa shape index (κ3) is 2.86. The van der Waals surface area contributed by atoms with Gasteiger partial charge < -0.3 is 9.73 Å². The van der Waals surface area contributed by atoms with Crippen molar-refractivity contribution < 1.29 is 4.42 Å². The number of thiophene rings is 1. The second-order valence-corrected chi connectivity index (χ2v) is 6.04. The lowest BCUT2D eigenvalue weighted by Crippen LogP contribution is -2.05. The lowest BCUT2D eigenvalue weighted by atomic mass is 10.1. The van der Waals surface area contributed by atoms with Gasteiger partial charge in [0, 0.05) is 17.3 Å². The zero-order valence-electron chi connectivity index (χ0n) is 10.8. The van der Waals surface area contributed by atoms with Crippen molar-refractivity contribution in [2.45, 2.75) is 13.0 Å². The minimum atomic E-state index is 0.198. The zero-order valence-corrected chi connectivity index (χ0v) is 12.4. The van der Waals surface area contributed by atoms with Crippen molar-refractivity contribution in [2.75, 3.05) is 5.32 Å². The number of hydrogen-bond donors (Lipinski definition) is 1. The molecule has 5 heteroatoms. The summed E-state index contributed by atoms with van der Waals surface area (Å²) in [6.07, 6.45) is 3.15. The normalized spacial score (nSPS) is 12.3. The largest absolute Gasteiger partial charge is 0.444 e. The summed E-state index contributed by atoms with van der Waals surface area (Å²) in [5.41, 5.74) is 3.22. The maximum absolute atomic E-state index is 5.97. The Kier molecular flexibility index (Phi) is 3.76. The Labute approximate surface area is 126 Å². The second-order valence-electron chi connectivity index (χ2n) is 4.50. The van der Waals surface area contributed by atoms with Crippen LogP contribution < -0.4 is 5.32 Å². The van der Waals surface area contributed by atoms with Crippen molar-refractivity contribution in [3.05, 3.63) is 58.2 Å². The number of anilines is 1. The smallest absolute Gasteiger partial charge is 0.181 e. The summed E-state index contributed by atoms with van der Waals surface area (Å²) >= 11 is 7.52. The molecule has 0 radical (unpaired) electrons. The van der Waals surface area contributed by atoms with Crippen LogP contribution in [-0.2, 0) is 0 Å². The first-order valence-corrected chi connectivity index (χ1v) is 7.47. The van der Waals surface area contributed by atoms with Gasteiger partial charge in [-0.05, 0) is 36.1 Å². The Morgan fingerprint density at radius 3 is 2.95 bits per heavy atom. The number of rotatable bonds is 4. The molecule has 1 N–H and O–H groups in total. The Bertz CT molecular complexity index is 693. The molecule has 1 aromatic carbocycles. The lowest BCUT2D eigenvalue weighted by molar-refractivity contribution is 0.572. The summed E-state index contributed by atoms with van der Waals surface area (Å²) < 4.78 is 6.12. The molecular formula is C15H13ClN2OS. The Hall–Kier alpha value is -1.78. The molecule has 20 heavy (non-hydrogen) atoms. The summed E-state index contributed by atoms with van der Waals surface area (Å²) in [5.74, 6) is 0.764. The van der Waals surface area contributed by atoms with Crippen LogP contribution in [0.3, 0.4) is 0 Å². The van der Waals surface area contributed by atoms with E-state index in [0.717, 1.165) is 21.3 Å². The van der Waals surface area contributed by atoms with Crippen LogP contribution in [0.25, 0.3) is 11.3 Å². The predicted octanol–water partition coefficient (Wildman–Crippen LogP) is 5.23. The number of nitrogens with one attached hydrogen (secondary N) is 1. The maximum Gasteiger partial charge on any atom is 0.181 e. The first-order valence-electron chi connectivity index (χ1n) is 6.22. The molecule has 3 aromatic rings. The van der Waals surface area contributed by atoms with Crippen molar-refractivity contribution in [1.82, 2.24) is 4.98 Å². The van der Waals surface area contributed by atoms with Gasteiger partial charge in [-0.25, -0.2) is 4.98 Å². The monoisotopic (exact) mass is 304 g/mol. The van der Waals surface area contributed by atoms with Crippen molar-refractivity contribution in [3.8, 4) is 11.3 Å². The molecule has 3 nitrogen and oxygen atoms in total. The van der Waals surface area contributed by atoms with Gasteiger partial charge >= 0.3 is 0 Å². The van der Waals surface area contributed by atoms with Gasteiger partial charge in [-0.2, -0.15) is 0 Å². The van der Waals surface area contributed by atoms with Gasteiger partial charge in [-0.3, -0.25) is 0 Å². The Morgan fingerprint density at radius 2 is 2.25 bits per heavy atom. The van der Waals surface area contributed by atoms with Gasteiger partial charge in [0.15, 0.2) is 12.2 Å². The zero-order chi connectivity index (χ0) is 13.9. The number of oxazole rings is 1. The summed E-state index contributed by atoms with van der Waals surface area (Å²) in [6, 6.07) is 10.3. The molecule has 0 aliphatic heterocycles. The van der Waals surface area contributed by atoms with Crippen molar-refractivity contribution in [3.63, 3.8) is 0 Å². The van der Waals surface area contributed by atoms with E-state index in [1.807, 2.05) is 30.3 Å². The second kappa shape index (κ2) is 5.69. The Morgan fingerprint density at radius 1 is 1.35 bits per heavy atom. The number of nitrogens with zero attached hydrogens (tertiary/aromatic N) is 1. The highest BCUT2D eigenvalue weighted by atomic mass is 35.5. The first kappa shape index (κ1) is 13.2. The van der Waals surface area contributed by atoms with E-state index in [4.69, 9.17) is 16.0 Å². The van der Waals surface area contributed by atoms with Crippen LogP contribution in [0, 0.1) is 0 Å². The molecule has 1 atom stereocenters. The molecule has 102 valence electrons.